The fourth-order valence-corrected chi connectivity index (χ4v) is 8.42. The Morgan fingerprint density at radius 2 is 0.754 bits per heavy atom. The van der Waals surface area contributed by atoms with Crippen molar-refractivity contribution < 1.29 is 0 Å². The maximum Gasteiger partial charge on any atom is 0.160 e. The summed E-state index contributed by atoms with van der Waals surface area (Å²) in [6.07, 6.45) is 0. The van der Waals surface area contributed by atoms with E-state index in [1.54, 1.807) is 0 Å². The highest BCUT2D eigenvalue weighted by atomic mass is 15.0. The number of rotatable bonds is 8. The van der Waals surface area contributed by atoms with Gasteiger partial charge < -0.3 is 4.57 Å². The Morgan fingerprint density at radius 1 is 0.295 bits per heavy atom. The van der Waals surface area contributed by atoms with E-state index in [2.05, 4.69) is 211 Å². The summed E-state index contributed by atoms with van der Waals surface area (Å²) in [5.41, 5.74) is 17.8. The van der Waals surface area contributed by atoms with E-state index in [1.165, 1.54) is 0 Å². The molecular formula is C57H38N4. The first-order valence-electron chi connectivity index (χ1n) is 20.6. The molecule has 0 unspecified atom stereocenters. The van der Waals surface area contributed by atoms with Gasteiger partial charge in [-0.05, 0) is 81.9 Å². The second-order valence-corrected chi connectivity index (χ2v) is 15.2. The molecule has 0 spiro atoms. The molecule has 0 N–H and O–H groups in total. The van der Waals surface area contributed by atoms with Crippen molar-refractivity contribution >= 4 is 21.9 Å². The molecule has 286 valence electrons. The van der Waals surface area contributed by atoms with Crippen LogP contribution in [-0.2, 0) is 0 Å². The van der Waals surface area contributed by atoms with Gasteiger partial charge in [0.2, 0.25) is 0 Å². The van der Waals surface area contributed by atoms with Crippen LogP contribution in [0.3, 0.4) is 0 Å². The molecule has 0 aliphatic carbocycles. The zero-order valence-electron chi connectivity index (χ0n) is 33.2. The maximum absolute atomic E-state index is 5.37. The molecule has 11 rings (SSSR count). The van der Waals surface area contributed by atoms with E-state index in [0.717, 1.165) is 100 Å². The van der Waals surface area contributed by atoms with Gasteiger partial charge in [-0.3, -0.25) is 0 Å². The van der Waals surface area contributed by atoms with Gasteiger partial charge >= 0.3 is 0 Å². The maximum atomic E-state index is 5.37. The lowest BCUT2D eigenvalue weighted by Crippen LogP contribution is -1.99. The summed E-state index contributed by atoms with van der Waals surface area (Å²) in [5.74, 6) is 0.700. The summed E-state index contributed by atoms with van der Waals surface area (Å²) in [6.45, 7) is 0. The van der Waals surface area contributed by atoms with Crippen molar-refractivity contribution in [3.05, 3.63) is 231 Å². The van der Waals surface area contributed by atoms with Gasteiger partial charge in [-0.2, -0.15) is 0 Å². The summed E-state index contributed by atoms with van der Waals surface area (Å²) in [6, 6.07) is 80.9. The predicted octanol–water partition coefficient (Wildman–Crippen LogP) is 14.6. The van der Waals surface area contributed by atoms with E-state index >= 15 is 0 Å². The monoisotopic (exact) mass is 778 g/mol. The topological polar surface area (TPSA) is 43.6 Å². The van der Waals surface area contributed by atoms with E-state index in [-0.39, 0.29) is 0 Å². The number of para-hydroxylation sites is 2. The zero-order chi connectivity index (χ0) is 40.5. The molecule has 0 atom stereocenters. The normalized spacial score (nSPS) is 11.3. The van der Waals surface area contributed by atoms with Crippen LogP contribution in [0.2, 0.25) is 0 Å². The minimum absolute atomic E-state index is 0.700. The molecule has 0 bridgehead atoms. The van der Waals surface area contributed by atoms with Gasteiger partial charge in [0.25, 0.3) is 0 Å². The molecular weight excluding hydrogens is 741 g/mol. The van der Waals surface area contributed by atoms with E-state index in [9.17, 15) is 0 Å². The fraction of sp³-hybridized carbons (Fsp3) is 0. The molecule has 11 aromatic rings. The molecule has 0 saturated carbocycles. The first kappa shape index (κ1) is 35.9. The molecule has 0 fully saturated rings. The highest BCUT2D eigenvalue weighted by Gasteiger charge is 2.21. The van der Waals surface area contributed by atoms with Crippen molar-refractivity contribution in [1.29, 1.82) is 0 Å². The minimum atomic E-state index is 0.700. The van der Waals surface area contributed by atoms with Crippen LogP contribution in [0.25, 0.3) is 106 Å². The van der Waals surface area contributed by atoms with Crippen molar-refractivity contribution in [2.45, 2.75) is 0 Å². The molecule has 0 aliphatic heterocycles. The molecule has 0 saturated heterocycles. The zero-order valence-corrected chi connectivity index (χ0v) is 33.2. The van der Waals surface area contributed by atoms with Crippen LogP contribution in [0.4, 0.5) is 0 Å². The van der Waals surface area contributed by atoms with Crippen molar-refractivity contribution in [2.75, 3.05) is 0 Å². The molecule has 0 radical (unpaired) electrons. The van der Waals surface area contributed by atoms with Crippen LogP contribution >= 0.6 is 0 Å². The van der Waals surface area contributed by atoms with Gasteiger partial charge in [0.05, 0.1) is 28.1 Å². The van der Waals surface area contributed by atoms with Gasteiger partial charge in [0, 0.05) is 33.3 Å². The summed E-state index contributed by atoms with van der Waals surface area (Å²) in [7, 11) is 0. The van der Waals surface area contributed by atoms with Gasteiger partial charge in [0.15, 0.2) is 5.82 Å². The van der Waals surface area contributed by atoms with Crippen molar-refractivity contribution in [2.24, 2.45) is 0 Å². The highest BCUT2D eigenvalue weighted by Crippen LogP contribution is 2.39. The largest absolute Gasteiger partial charge is 0.306 e. The molecule has 8 aromatic carbocycles. The molecule has 4 nitrogen and oxygen atoms in total. The predicted molar refractivity (Wildman–Crippen MR) is 252 cm³/mol. The Bertz CT molecular complexity index is 3280. The van der Waals surface area contributed by atoms with Crippen LogP contribution in [0.15, 0.2) is 231 Å². The number of hydrogen-bond donors (Lipinski definition) is 0. The first-order valence-corrected chi connectivity index (χ1v) is 20.6. The Kier molecular flexibility index (Phi) is 9.14. The van der Waals surface area contributed by atoms with Gasteiger partial charge in [0.1, 0.15) is 5.52 Å². The second kappa shape index (κ2) is 15.5. The average Bonchev–Trinajstić information content (AvgIpc) is 3.69. The molecule has 3 heterocycles. The van der Waals surface area contributed by atoms with Crippen molar-refractivity contribution in [1.82, 2.24) is 19.5 Å². The van der Waals surface area contributed by atoms with Gasteiger partial charge in [-0.25, -0.2) is 15.0 Å². The molecule has 61 heavy (non-hydrogen) atoms. The molecule has 3 aromatic heterocycles. The Balaban J connectivity index is 1.02. The Morgan fingerprint density at radius 3 is 1.39 bits per heavy atom. The third kappa shape index (κ3) is 6.86. The molecule has 0 amide bonds. The van der Waals surface area contributed by atoms with Crippen LogP contribution in [0.5, 0.6) is 0 Å². The van der Waals surface area contributed by atoms with Crippen LogP contribution in [0.1, 0.15) is 0 Å². The minimum Gasteiger partial charge on any atom is -0.306 e. The van der Waals surface area contributed by atoms with E-state index < -0.39 is 0 Å². The lowest BCUT2D eigenvalue weighted by atomic mass is 9.95. The lowest BCUT2D eigenvalue weighted by molar-refractivity contribution is 1.15. The van der Waals surface area contributed by atoms with E-state index in [0.29, 0.717) is 5.82 Å². The third-order valence-corrected chi connectivity index (χ3v) is 11.4. The number of hydrogen-bond acceptors (Lipinski definition) is 3. The Hall–Kier alpha value is -8.21. The van der Waals surface area contributed by atoms with E-state index in [1.807, 2.05) is 24.3 Å². The number of benzene rings is 8. The number of aromatic nitrogens is 4. The van der Waals surface area contributed by atoms with Crippen LogP contribution in [0, 0.1) is 0 Å². The Labute approximate surface area is 354 Å². The average molecular weight is 779 g/mol. The van der Waals surface area contributed by atoms with Crippen molar-refractivity contribution in [3.63, 3.8) is 0 Å². The van der Waals surface area contributed by atoms with Gasteiger partial charge in [-0.1, -0.05) is 182 Å². The smallest absolute Gasteiger partial charge is 0.160 e. The van der Waals surface area contributed by atoms with Crippen LogP contribution < -0.4 is 0 Å². The highest BCUT2D eigenvalue weighted by molar-refractivity contribution is 6.11. The number of nitrogens with zero attached hydrogens (tertiary/aromatic N) is 4. The second-order valence-electron chi connectivity index (χ2n) is 15.2. The molecule has 4 heteroatoms. The summed E-state index contributed by atoms with van der Waals surface area (Å²) >= 11 is 0. The summed E-state index contributed by atoms with van der Waals surface area (Å²) in [5, 5.41) is 1.09. The van der Waals surface area contributed by atoms with Crippen molar-refractivity contribution in [3.8, 4) is 84.2 Å². The van der Waals surface area contributed by atoms with E-state index in [4.69, 9.17) is 15.0 Å². The quantitative estimate of drug-likeness (QED) is 0.154. The number of fused-ring (bicyclic) bond motifs is 3. The first-order chi connectivity index (χ1) is 30.2. The molecule has 0 aliphatic rings. The number of pyridine rings is 1. The summed E-state index contributed by atoms with van der Waals surface area (Å²) < 4.78 is 2.31. The summed E-state index contributed by atoms with van der Waals surface area (Å²) in [4.78, 5) is 15.9. The van der Waals surface area contributed by atoms with Crippen LogP contribution in [-0.4, -0.2) is 19.5 Å². The SMILES string of the molecule is c1ccc(-c2cc(-c3ccccc3)nc(-c3cccc(-c4cccc(-c5cccc(-c6nc(-c7ccccc7)nc7c8ccccc8n(-c8ccccc8)c67)c5)c4)c3)c2)cc1. The lowest BCUT2D eigenvalue weighted by Gasteiger charge is -2.13. The standard InChI is InChI=1S/C57H38N4/c1-5-18-39(19-6-1)48-37-51(40-20-7-2-8-21-40)58-52(38-48)46-28-16-26-44(35-46)42-24-15-25-43(34-42)45-27-17-29-47(36-45)54-56-55(60-57(59-54)41-22-9-3-10-23-41)50-32-13-14-33-53(50)61(56)49-30-11-4-12-31-49/h1-38H. The van der Waals surface area contributed by atoms with Gasteiger partial charge in [-0.15, -0.1) is 0 Å². The fourth-order valence-electron chi connectivity index (χ4n) is 8.42. The third-order valence-electron chi connectivity index (χ3n) is 11.4.